The largest absolute Gasteiger partial charge is 0.444 e. The number of carbonyl (C=O) groups is 2. The Kier molecular flexibility index (Phi) is 4.28. The Morgan fingerprint density at radius 1 is 1.17 bits per heavy atom. The topological polar surface area (TPSA) is 49.9 Å². The van der Waals surface area contributed by atoms with Gasteiger partial charge in [0.2, 0.25) is 5.91 Å². The van der Waals surface area contributed by atoms with Crippen LogP contribution in [0.3, 0.4) is 0 Å². The molecule has 0 atom stereocenters. The van der Waals surface area contributed by atoms with E-state index in [1.807, 2.05) is 56.0 Å². The Hall–Kier alpha value is -2.04. The number of benzene rings is 1. The molecular weight excluding hydrogens is 304 g/mol. The minimum atomic E-state index is -0.481. The van der Waals surface area contributed by atoms with Gasteiger partial charge in [0.1, 0.15) is 5.60 Å². The molecule has 0 bridgehead atoms. The van der Waals surface area contributed by atoms with Gasteiger partial charge in [0.15, 0.2) is 0 Å². The van der Waals surface area contributed by atoms with E-state index in [4.69, 9.17) is 4.74 Å². The van der Waals surface area contributed by atoms with Crippen LogP contribution in [0.15, 0.2) is 30.3 Å². The van der Waals surface area contributed by atoms with E-state index in [1.54, 1.807) is 4.90 Å². The molecule has 0 unspecified atom stereocenters. The molecule has 2 heterocycles. The summed E-state index contributed by atoms with van der Waals surface area (Å²) in [6, 6.07) is 10.1. The van der Waals surface area contributed by atoms with Crippen molar-refractivity contribution in [1.82, 2.24) is 9.80 Å². The standard InChI is InChI=1S/C19H26N2O3/c1-18(2,3)24-17(23)20-11-9-19(10-12-20)14-21(16(19)22)13-15-7-5-4-6-8-15/h4-8H,9-14H2,1-3H3. The van der Waals surface area contributed by atoms with Crippen LogP contribution in [-0.2, 0) is 16.1 Å². The summed E-state index contributed by atoms with van der Waals surface area (Å²) in [5, 5.41) is 0. The quantitative estimate of drug-likeness (QED) is 0.783. The van der Waals surface area contributed by atoms with E-state index in [0.717, 1.165) is 24.9 Å². The van der Waals surface area contributed by atoms with Gasteiger partial charge in [-0.05, 0) is 39.2 Å². The lowest BCUT2D eigenvalue weighted by Gasteiger charge is -2.52. The number of hydrogen-bond donors (Lipinski definition) is 0. The minimum Gasteiger partial charge on any atom is -0.444 e. The number of amides is 2. The first-order valence-corrected chi connectivity index (χ1v) is 8.60. The smallest absolute Gasteiger partial charge is 0.410 e. The van der Waals surface area contributed by atoms with Crippen LogP contribution in [0.2, 0.25) is 0 Å². The zero-order valence-corrected chi connectivity index (χ0v) is 14.7. The summed E-state index contributed by atoms with van der Waals surface area (Å²) < 4.78 is 5.42. The molecule has 2 aliphatic heterocycles. The lowest BCUT2D eigenvalue weighted by Crippen LogP contribution is -2.64. The van der Waals surface area contributed by atoms with E-state index in [9.17, 15) is 9.59 Å². The molecule has 2 saturated heterocycles. The fraction of sp³-hybridized carbons (Fsp3) is 0.579. The second-order valence-electron chi connectivity index (χ2n) is 7.89. The first-order chi connectivity index (χ1) is 11.3. The number of likely N-dealkylation sites (tertiary alicyclic amines) is 2. The fourth-order valence-corrected chi connectivity index (χ4v) is 3.50. The van der Waals surface area contributed by atoms with Crippen molar-refractivity contribution in [3.8, 4) is 0 Å². The van der Waals surface area contributed by atoms with Gasteiger partial charge in [-0.2, -0.15) is 0 Å². The summed E-state index contributed by atoms with van der Waals surface area (Å²) >= 11 is 0. The van der Waals surface area contributed by atoms with Crippen molar-refractivity contribution in [1.29, 1.82) is 0 Å². The third kappa shape index (κ3) is 3.40. The Morgan fingerprint density at radius 2 is 1.79 bits per heavy atom. The van der Waals surface area contributed by atoms with Gasteiger partial charge in [-0.3, -0.25) is 4.79 Å². The molecule has 3 rings (SSSR count). The highest BCUT2D eigenvalue weighted by Gasteiger charge is 2.53. The first-order valence-electron chi connectivity index (χ1n) is 8.60. The number of carbonyl (C=O) groups excluding carboxylic acids is 2. The Labute approximate surface area is 143 Å². The highest BCUT2D eigenvalue weighted by atomic mass is 16.6. The molecule has 24 heavy (non-hydrogen) atoms. The average Bonchev–Trinajstić information content (AvgIpc) is 2.54. The zero-order chi connectivity index (χ0) is 17.4. The van der Waals surface area contributed by atoms with Crippen molar-refractivity contribution in [3.05, 3.63) is 35.9 Å². The number of piperidine rings is 1. The third-order valence-electron chi connectivity index (χ3n) is 4.82. The molecule has 5 heteroatoms. The molecule has 2 amide bonds. The van der Waals surface area contributed by atoms with E-state index in [0.29, 0.717) is 19.6 Å². The average molecular weight is 330 g/mol. The lowest BCUT2D eigenvalue weighted by atomic mass is 9.71. The van der Waals surface area contributed by atoms with E-state index < -0.39 is 5.60 Å². The Morgan fingerprint density at radius 3 is 2.33 bits per heavy atom. The predicted molar refractivity (Wildman–Crippen MR) is 91.3 cm³/mol. The number of ether oxygens (including phenoxy) is 1. The number of β-lactam (4-membered cyclic amide) rings is 1. The van der Waals surface area contributed by atoms with E-state index in [-0.39, 0.29) is 17.4 Å². The van der Waals surface area contributed by atoms with Gasteiger partial charge < -0.3 is 14.5 Å². The maximum atomic E-state index is 12.6. The van der Waals surface area contributed by atoms with Crippen LogP contribution >= 0.6 is 0 Å². The molecule has 130 valence electrons. The minimum absolute atomic E-state index is 0.232. The summed E-state index contributed by atoms with van der Waals surface area (Å²) in [6.45, 7) is 8.27. The zero-order valence-electron chi connectivity index (χ0n) is 14.7. The maximum absolute atomic E-state index is 12.6. The van der Waals surface area contributed by atoms with Crippen LogP contribution in [0, 0.1) is 5.41 Å². The van der Waals surface area contributed by atoms with Crippen LogP contribution < -0.4 is 0 Å². The van der Waals surface area contributed by atoms with Crippen molar-refractivity contribution in [2.75, 3.05) is 19.6 Å². The van der Waals surface area contributed by atoms with Crippen LogP contribution in [-0.4, -0.2) is 47.0 Å². The molecule has 0 radical (unpaired) electrons. The van der Waals surface area contributed by atoms with E-state index in [1.165, 1.54) is 0 Å². The van der Waals surface area contributed by atoms with Crippen LogP contribution in [0.25, 0.3) is 0 Å². The highest BCUT2D eigenvalue weighted by Crippen LogP contribution is 2.42. The van der Waals surface area contributed by atoms with Gasteiger partial charge in [-0.25, -0.2) is 4.79 Å². The van der Waals surface area contributed by atoms with Gasteiger partial charge in [-0.15, -0.1) is 0 Å². The lowest BCUT2D eigenvalue weighted by molar-refractivity contribution is -0.166. The fourth-order valence-electron chi connectivity index (χ4n) is 3.50. The highest BCUT2D eigenvalue weighted by molar-refractivity contribution is 5.89. The molecule has 1 aromatic rings. The predicted octanol–water partition coefficient (Wildman–Crippen LogP) is 3.05. The third-order valence-corrected chi connectivity index (χ3v) is 4.82. The number of hydrogen-bond acceptors (Lipinski definition) is 3. The van der Waals surface area contributed by atoms with Gasteiger partial charge in [0.25, 0.3) is 0 Å². The molecule has 1 aromatic carbocycles. The van der Waals surface area contributed by atoms with Crippen LogP contribution in [0.1, 0.15) is 39.2 Å². The molecule has 0 saturated carbocycles. The van der Waals surface area contributed by atoms with E-state index in [2.05, 4.69) is 0 Å². The molecule has 0 aliphatic carbocycles. The second-order valence-corrected chi connectivity index (χ2v) is 7.89. The molecule has 0 N–H and O–H groups in total. The number of nitrogens with zero attached hydrogens (tertiary/aromatic N) is 2. The molecule has 5 nitrogen and oxygen atoms in total. The molecule has 2 aliphatic rings. The molecule has 0 aromatic heterocycles. The Bertz CT molecular complexity index is 613. The van der Waals surface area contributed by atoms with Gasteiger partial charge in [0, 0.05) is 26.2 Å². The normalized spacial score (nSPS) is 20.0. The first kappa shape index (κ1) is 16.8. The monoisotopic (exact) mass is 330 g/mol. The molecule has 1 spiro atoms. The van der Waals surface area contributed by atoms with E-state index >= 15 is 0 Å². The molecular formula is C19H26N2O3. The van der Waals surface area contributed by atoms with Crippen molar-refractivity contribution < 1.29 is 14.3 Å². The maximum Gasteiger partial charge on any atom is 0.410 e. The second kappa shape index (κ2) is 6.11. The summed E-state index contributed by atoms with van der Waals surface area (Å²) in [5.74, 6) is 0.232. The van der Waals surface area contributed by atoms with Gasteiger partial charge >= 0.3 is 6.09 Å². The summed E-state index contributed by atoms with van der Waals surface area (Å²) in [7, 11) is 0. The van der Waals surface area contributed by atoms with Gasteiger partial charge in [0.05, 0.1) is 5.41 Å². The summed E-state index contributed by atoms with van der Waals surface area (Å²) in [5.41, 5.74) is 0.421. The molecule has 2 fully saturated rings. The summed E-state index contributed by atoms with van der Waals surface area (Å²) in [6.07, 6.45) is 1.19. The Balaban J connectivity index is 1.52. The SMILES string of the molecule is CC(C)(C)OC(=O)N1CCC2(CC1)CN(Cc1ccccc1)C2=O. The summed E-state index contributed by atoms with van der Waals surface area (Å²) in [4.78, 5) is 28.4. The van der Waals surface area contributed by atoms with Gasteiger partial charge in [-0.1, -0.05) is 30.3 Å². The van der Waals surface area contributed by atoms with Crippen molar-refractivity contribution in [2.24, 2.45) is 5.41 Å². The van der Waals surface area contributed by atoms with Crippen molar-refractivity contribution in [3.63, 3.8) is 0 Å². The van der Waals surface area contributed by atoms with Crippen molar-refractivity contribution >= 4 is 12.0 Å². The van der Waals surface area contributed by atoms with Crippen LogP contribution in [0.4, 0.5) is 4.79 Å². The van der Waals surface area contributed by atoms with Crippen LogP contribution in [0.5, 0.6) is 0 Å². The van der Waals surface area contributed by atoms with Crippen molar-refractivity contribution in [2.45, 2.75) is 45.8 Å². The number of rotatable bonds is 2.